The summed E-state index contributed by atoms with van der Waals surface area (Å²) in [6.45, 7) is 8.12. The van der Waals surface area contributed by atoms with Crippen LogP contribution in [0.3, 0.4) is 0 Å². The molecule has 0 amide bonds. The van der Waals surface area contributed by atoms with Crippen LogP contribution < -0.4 is 0 Å². The van der Waals surface area contributed by atoms with Crippen LogP contribution in [0.1, 0.15) is 27.7 Å². The SMILES string of the molecule is COC(=O)C1=C(C=C(C)C)C1(C)C. The zero-order valence-electron chi connectivity index (χ0n) is 8.89. The van der Waals surface area contributed by atoms with E-state index in [1.807, 2.05) is 33.8 Å². The van der Waals surface area contributed by atoms with Gasteiger partial charge < -0.3 is 4.74 Å². The Bertz CT molecular complexity index is 302. The predicted molar refractivity (Wildman–Crippen MR) is 52.3 cm³/mol. The van der Waals surface area contributed by atoms with E-state index in [0.717, 1.165) is 11.1 Å². The molecule has 0 aliphatic heterocycles. The molecule has 2 heteroatoms. The number of esters is 1. The lowest BCUT2D eigenvalue weighted by Crippen LogP contribution is -2.04. The monoisotopic (exact) mass is 180 g/mol. The van der Waals surface area contributed by atoms with E-state index in [-0.39, 0.29) is 11.4 Å². The molecule has 0 aromatic carbocycles. The summed E-state index contributed by atoms with van der Waals surface area (Å²) in [5.41, 5.74) is 3.06. The summed E-state index contributed by atoms with van der Waals surface area (Å²) in [7, 11) is 1.42. The first-order chi connectivity index (χ1) is 5.91. The maximum absolute atomic E-state index is 11.3. The van der Waals surface area contributed by atoms with E-state index in [1.54, 1.807) is 0 Å². The molecule has 0 N–H and O–H groups in total. The topological polar surface area (TPSA) is 26.3 Å². The summed E-state index contributed by atoms with van der Waals surface area (Å²) in [4.78, 5) is 11.3. The molecule has 0 unspecified atom stereocenters. The third-order valence-corrected chi connectivity index (χ3v) is 2.33. The fourth-order valence-corrected chi connectivity index (χ4v) is 1.51. The van der Waals surface area contributed by atoms with Gasteiger partial charge >= 0.3 is 5.97 Å². The lowest BCUT2D eigenvalue weighted by molar-refractivity contribution is -0.136. The summed E-state index contributed by atoms with van der Waals surface area (Å²) in [5.74, 6) is -0.197. The van der Waals surface area contributed by atoms with Gasteiger partial charge in [0.05, 0.1) is 12.7 Å². The average molecular weight is 180 g/mol. The van der Waals surface area contributed by atoms with Crippen LogP contribution in [-0.2, 0) is 9.53 Å². The third-order valence-electron chi connectivity index (χ3n) is 2.33. The quantitative estimate of drug-likeness (QED) is 0.610. The van der Waals surface area contributed by atoms with Gasteiger partial charge in [-0.1, -0.05) is 25.5 Å². The number of rotatable bonds is 2. The molecule has 0 bridgehead atoms. The third kappa shape index (κ3) is 1.67. The molecular formula is C11H16O2. The zero-order valence-corrected chi connectivity index (χ0v) is 8.89. The maximum atomic E-state index is 11.3. The average Bonchev–Trinajstić information content (AvgIpc) is 2.51. The second kappa shape index (κ2) is 3.02. The van der Waals surface area contributed by atoms with Gasteiger partial charge in [-0.15, -0.1) is 0 Å². The molecule has 1 aliphatic carbocycles. The second-order valence-corrected chi connectivity index (χ2v) is 4.13. The van der Waals surface area contributed by atoms with Crippen LogP contribution in [0.25, 0.3) is 0 Å². The summed E-state index contributed by atoms with van der Waals surface area (Å²) in [6.07, 6.45) is 2.05. The molecule has 2 nitrogen and oxygen atoms in total. The Balaban J connectivity index is 2.90. The van der Waals surface area contributed by atoms with Crippen molar-refractivity contribution in [1.29, 1.82) is 0 Å². The molecular weight excluding hydrogens is 164 g/mol. The molecule has 0 spiro atoms. The Morgan fingerprint density at radius 1 is 1.38 bits per heavy atom. The lowest BCUT2D eigenvalue weighted by atomic mass is 10.0. The van der Waals surface area contributed by atoms with Crippen LogP contribution >= 0.6 is 0 Å². The van der Waals surface area contributed by atoms with Crippen LogP contribution in [0.4, 0.5) is 0 Å². The number of allylic oxidation sites excluding steroid dienone is 3. The Morgan fingerprint density at radius 2 is 1.92 bits per heavy atom. The van der Waals surface area contributed by atoms with Crippen molar-refractivity contribution < 1.29 is 9.53 Å². The highest BCUT2D eigenvalue weighted by atomic mass is 16.5. The van der Waals surface area contributed by atoms with Gasteiger partial charge in [0.25, 0.3) is 0 Å². The van der Waals surface area contributed by atoms with E-state index >= 15 is 0 Å². The van der Waals surface area contributed by atoms with Gasteiger partial charge in [-0.2, -0.15) is 0 Å². The molecule has 72 valence electrons. The Labute approximate surface area is 79.3 Å². The number of carbonyl (C=O) groups excluding carboxylic acids is 1. The lowest BCUT2D eigenvalue weighted by Gasteiger charge is -2.02. The molecule has 0 heterocycles. The Hall–Kier alpha value is -1.05. The molecule has 0 aromatic rings. The first kappa shape index (κ1) is 10.0. The molecule has 1 aliphatic rings. The standard InChI is InChI=1S/C11H16O2/c1-7(2)6-8-9(10(12)13-5)11(8,3)4/h6H,1-5H3. The minimum atomic E-state index is -0.197. The van der Waals surface area contributed by atoms with Gasteiger partial charge in [0.15, 0.2) is 0 Å². The Morgan fingerprint density at radius 3 is 2.31 bits per heavy atom. The van der Waals surface area contributed by atoms with Gasteiger partial charge in [-0.3, -0.25) is 0 Å². The van der Waals surface area contributed by atoms with Gasteiger partial charge in [-0.05, 0) is 19.4 Å². The molecule has 1 rings (SSSR count). The van der Waals surface area contributed by atoms with Crippen LogP contribution in [0, 0.1) is 5.41 Å². The van der Waals surface area contributed by atoms with Crippen molar-refractivity contribution in [2.24, 2.45) is 5.41 Å². The summed E-state index contributed by atoms with van der Waals surface area (Å²) < 4.78 is 4.70. The molecule has 0 saturated heterocycles. The molecule has 0 saturated carbocycles. The largest absolute Gasteiger partial charge is 0.466 e. The van der Waals surface area contributed by atoms with Crippen molar-refractivity contribution in [3.63, 3.8) is 0 Å². The summed E-state index contributed by atoms with van der Waals surface area (Å²) in [5, 5.41) is 0. The van der Waals surface area contributed by atoms with Crippen LogP contribution in [0.2, 0.25) is 0 Å². The predicted octanol–water partition coefficient (Wildman–Crippen LogP) is 2.46. The van der Waals surface area contributed by atoms with E-state index in [2.05, 4.69) is 0 Å². The molecule has 13 heavy (non-hydrogen) atoms. The minimum Gasteiger partial charge on any atom is -0.466 e. The van der Waals surface area contributed by atoms with Crippen molar-refractivity contribution in [3.05, 3.63) is 22.8 Å². The van der Waals surface area contributed by atoms with Gasteiger partial charge in [-0.25, -0.2) is 4.79 Å². The van der Waals surface area contributed by atoms with Crippen LogP contribution in [0.5, 0.6) is 0 Å². The van der Waals surface area contributed by atoms with Crippen molar-refractivity contribution in [3.8, 4) is 0 Å². The number of carbonyl (C=O) groups is 1. The van der Waals surface area contributed by atoms with E-state index in [0.29, 0.717) is 0 Å². The summed E-state index contributed by atoms with van der Waals surface area (Å²) >= 11 is 0. The first-order valence-electron chi connectivity index (χ1n) is 4.39. The number of hydrogen-bond acceptors (Lipinski definition) is 2. The van der Waals surface area contributed by atoms with Crippen LogP contribution in [-0.4, -0.2) is 13.1 Å². The molecule has 0 fully saturated rings. The van der Waals surface area contributed by atoms with E-state index in [9.17, 15) is 4.79 Å². The van der Waals surface area contributed by atoms with Crippen molar-refractivity contribution in [2.45, 2.75) is 27.7 Å². The highest BCUT2D eigenvalue weighted by molar-refractivity contribution is 5.99. The fraction of sp³-hybridized carbons (Fsp3) is 0.545. The maximum Gasteiger partial charge on any atom is 0.334 e. The van der Waals surface area contributed by atoms with E-state index in [1.165, 1.54) is 12.7 Å². The Kier molecular flexibility index (Phi) is 2.33. The zero-order chi connectivity index (χ0) is 10.2. The normalized spacial score (nSPS) is 18.2. The van der Waals surface area contributed by atoms with E-state index < -0.39 is 0 Å². The van der Waals surface area contributed by atoms with Crippen molar-refractivity contribution in [2.75, 3.05) is 7.11 Å². The smallest absolute Gasteiger partial charge is 0.334 e. The van der Waals surface area contributed by atoms with Gasteiger partial charge in [0.1, 0.15) is 0 Å². The van der Waals surface area contributed by atoms with Gasteiger partial charge in [0, 0.05) is 5.41 Å². The van der Waals surface area contributed by atoms with Crippen molar-refractivity contribution in [1.82, 2.24) is 0 Å². The van der Waals surface area contributed by atoms with Gasteiger partial charge in [0.2, 0.25) is 0 Å². The van der Waals surface area contributed by atoms with Crippen molar-refractivity contribution >= 4 is 5.97 Å². The first-order valence-corrected chi connectivity index (χ1v) is 4.39. The number of ether oxygens (including phenoxy) is 1. The summed E-state index contributed by atoms with van der Waals surface area (Å²) in [6, 6.07) is 0. The second-order valence-electron chi connectivity index (χ2n) is 4.13. The number of methoxy groups -OCH3 is 1. The van der Waals surface area contributed by atoms with Crippen LogP contribution in [0.15, 0.2) is 22.8 Å². The highest BCUT2D eigenvalue weighted by Gasteiger charge is 2.48. The van der Waals surface area contributed by atoms with E-state index in [4.69, 9.17) is 4.74 Å². The molecule has 0 aromatic heterocycles. The molecule has 0 atom stereocenters. The highest BCUT2D eigenvalue weighted by Crippen LogP contribution is 2.53. The number of hydrogen-bond donors (Lipinski definition) is 0. The fourth-order valence-electron chi connectivity index (χ4n) is 1.51. The minimum absolute atomic E-state index is 0.0790. The molecule has 0 radical (unpaired) electrons.